The summed E-state index contributed by atoms with van der Waals surface area (Å²) < 4.78 is 19.8. The second kappa shape index (κ2) is 12.1. The Morgan fingerprint density at radius 1 is 1.32 bits per heavy atom. The number of carbonyl (C=O) groups is 1. The van der Waals surface area contributed by atoms with Gasteiger partial charge in [-0.1, -0.05) is 25.1 Å². The highest BCUT2D eigenvalue weighted by Gasteiger charge is 2.23. The number of carbonyl (C=O) groups excluding carboxylic acids is 1. The summed E-state index contributed by atoms with van der Waals surface area (Å²) in [5.74, 6) is 0.332. The largest absolute Gasteiger partial charge is 0.475 e. The van der Waals surface area contributed by atoms with Crippen LogP contribution in [-0.2, 0) is 11.3 Å². The number of allylic oxidation sites excluding steroid dienone is 1. The molecule has 2 heterocycles. The lowest BCUT2D eigenvalue weighted by Gasteiger charge is -2.33. The summed E-state index contributed by atoms with van der Waals surface area (Å²) in [7, 11) is 0. The molecular formula is C29H36FN5O2. The number of piperidine rings is 1. The SMILES string of the molecule is C=N/C(=C\CC(C)c1[nH]nc2ccc(C(=O)NC3CCCN(Cc4ccccc4F)C3)cc12)OC(C)C. The van der Waals surface area contributed by atoms with Gasteiger partial charge in [-0.2, -0.15) is 5.10 Å². The van der Waals surface area contributed by atoms with Crippen LogP contribution in [0.5, 0.6) is 0 Å². The Labute approximate surface area is 217 Å². The van der Waals surface area contributed by atoms with Gasteiger partial charge in [-0.3, -0.25) is 14.8 Å². The monoisotopic (exact) mass is 505 g/mol. The van der Waals surface area contributed by atoms with Crippen molar-refractivity contribution in [1.82, 2.24) is 20.4 Å². The standard InChI is InChI=1S/C29H36FN5O2/c1-19(2)37-27(31-4)14-11-20(3)28-24-16-21(12-13-26(24)33-34-28)29(36)32-23-9-7-15-35(18-23)17-22-8-5-6-10-25(22)30/h5-6,8,10,12-14,16,19-20,23H,4,7,9,11,15,17-18H2,1-3H3,(H,32,36)(H,33,34)/b27-14+. The normalized spacial score (nSPS) is 17.6. The molecule has 0 aliphatic carbocycles. The molecule has 8 heteroatoms. The number of hydrogen-bond donors (Lipinski definition) is 2. The van der Waals surface area contributed by atoms with Gasteiger partial charge in [-0.05, 0) is 76.7 Å². The molecule has 2 aromatic carbocycles. The number of ether oxygens (including phenoxy) is 1. The van der Waals surface area contributed by atoms with Crippen LogP contribution in [-0.4, -0.2) is 53.0 Å². The fourth-order valence-corrected chi connectivity index (χ4v) is 4.79. The number of amides is 1. The zero-order chi connectivity index (χ0) is 26.4. The molecule has 1 aliphatic heterocycles. The predicted molar refractivity (Wildman–Crippen MR) is 145 cm³/mol. The molecule has 1 amide bonds. The average Bonchev–Trinajstić information content (AvgIpc) is 3.31. The van der Waals surface area contributed by atoms with Crippen LogP contribution in [0.4, 0.5) is 4.39 Å². The van der Waals surface area contributed by atoms with E-state index in [9.17, 15) is 9.18 Å². The molecule has 1 aliphatic rings. The van der Waals surface area contributed by atoms with Gasteiger partial charge in [0.25, 0.3) is 5.91 Å². The number of H-pyrrole nitrogens is 1. The van der Waals surface area contributed by atoms with Crippen molar-refractivity contribution in [3.8, 4) is 0 Å². The molecule has 0 radical (unpaired) electrons. The lowest BCUT2D eigenvalue weighted by molar-refractivity contribution is 0.0900. The van der Waals surface area contributed by atoms with Gasteiger partial charge in [0.15, 0.2) is 0 Å². The van der Waals surface area contributed by atoms with E-state index in [4.69, 9.17) is 4.74 Å². The number of hydrogen-bond acceptors (Lipinski definition) is 5. The summed E-state index contributed by atoms with van der Waals surface area (Å²) in [5.41, 5.74) is 3.06. The second-order valence-electron chi connectivity index (χ2n) is 10.0. The zero-order valence-electron chi connectivity index (χ0n) is 21.8. The third kappa shape index (κ3) is 6.83. The van der Waals surface area contributed by atoms with Gasteiger partial charge in [0, 0.05) is 47.3 Å². The Morgan fingerprint density at radius 2 is 2.14 bits per heavy atom. The molecule has 2 atom stereocenters. The minimum atomic E-state index is -0.188. The van der Waals surface area contributed by atoms with Gasteiger partial charge in [0.1, 0.15) is 5.82 Å². The number of benzene rings is 2. The van der Waals surface area contributed by atoms with Gasteiger partial charge in [-0.15, -0.1) is 0 Å². The van der Waals surface area contributed by atoms with E-state index in [1.807, 2.05) is 50.3 Å². The Bertz CT molecular complexity index is 1270. The van der Waals surface area contributed by atoms with Crippen molar-refractivity contribution < 1.29 is 13.9 Å². The molecule has 0 saturated carbocycles. The van der Waals surface area contributed by atoms with E-state index in [-0.39, 0.29) is 29.8 Å². The number of aromatic amines is 1. The molecule has 1 saturated heterocycles. The van der Waals surface area contributed by atoms with Gasteiger partial charge in [0.05, 0.1) is 11.6 Å². The molecule has 2 N–H and O–H groups in total. The highest BCUT2D eigenvalue weighted by Crippen LogP contribution is 2.27. The van der Waals surface area contributed by atoms with Crippen molar-refractivity contribution in [3.05, 3.63) is 77.1 Å². The summed E-state index contributed by atoms with van der Waals surface area (Å²) in [5, 5.41) is 11.7. The van der Waals surface area contributed by atoms with Crippen molar-refractivity contribution >= 4 is 23.5 Å². The van der Waals surface area contributed by atoms with Crippen LogP contribution < -0.4 is 5.32 Å². The fourth-order valence-electron chi connectivity index (χ4n) is 4.79. The number of rotatable bonds is 10. The van der Waals surface area contributed by atoms with Gasteiger partial charge < -0.3 is 10.1 Å². The van der Waals surface area contributed by atoms with Crippen LogP contribution in [0, 0.1) is 5.82 Å². The first-order chi connectivity index (χ1) is 17.8. The maximum absolute atomic E-state index is 14.1. The van der Waals surface area contributed by atoms with Crippen LogP contribution in [0.3, 0.4) is 0 Å². The molecule has 0 spiro atoms. The Balaban J connectivity index is 1.42. The average molecular weight is 506 g/mol. The van der Waals surface area contributed by atoms with Crippen molar-refractivity contribution in [2.24, 2.45) is 4.99 Å². The number of nitrogens with zero attached hydrogens (tertiary/aromatic N) is 3. The second-order valence-corrected chi connectivity index (χ2v) is 10.0. The Kier molecular flexibility index (Phi) is 8.71. The fraction of sp³-hybridized carbons (Fsp3) is 0.414. The summed E-state index contributed by atoms with van der Waals surface area (Å²) in [4.78, 5) is 19.3. The first-order valence-electron chi connectivity index (χ1n) is 12.9. The summed E-state index contributed by atoms with van der Waals surface area (Å²) >= 11 is 0. The number of nitrogens with one attached hydrogen (secondary N) is 2. The highest BCUT2D eigenvalue weighted by atomic mass is 19.1. The van der Waals surface area contributed by atoms with E-state index in [0.717, 1.165) is 36.0 Å². The molecule has 196 valence electrons. The van der Waals surface area contributed by atoms with Crippen molar-refractivity contribution in [3.63, 3.8) is 0 Å². The third-order valence-corrected chi connectivity index (χ3v) is 6.69. The number of likely N-dealkylation sites (tertiary alicyclic amines) is 1. The van der Waals surface area contributed by atoms with E-state index in [0.29, 0.717) is 36.5 Å². The third-order valence-electron chi connectivity index (χ3n) is 6.69. The van der Waals surface area contributed by atoms with Crippen LogP contribution in [0.25, 0.3) is 10.9 Å². The van der Waals surface area contributed by atoms with Gasteiger partial charge in [0.2, 0.25) is 5.88 Å². The molecule has 0 bridgehead atoms. The van der Waals surface area contributed by atoms with E-state index >= 15 is 0 Å². The Hall–Kier alpha value is -3.52. The Morgan fingerprint density at radius 3 is 2.89 bits per heavy atom. The minimum Gasteiger partial charge on any atom is -0.475 e. The van der Waals surface area contributed by atoms with Crippen LogP contribution >= 0.6 is 0 Å². The molecular weight excluding hydrogens is 469 g/mol. The summed E-state index contributed by atoms with van der Waals surface area (Å²) in [6.07, 6.45) is 4.50. The van der Waals surface area contributed by atoms with Crippen molar-refractivity contribution in [1.29, 1.82) is 0 Å². The van der Waals surface area contributed by atoms with E-state index in [1.165, 1.54) is 6.07 Å². The minimum absolute atomic E-state index is 0.0161. The smallest absolute Gasteiger partial charge is 0.251 e. The van der Waals surface area contributed by atoms with Crippen LogP contribution in [0.2, 0.25) is 0 Å². The lowest BCUT2D eigenvalue weighted by atomic mass is 9.99. The topological polar surface area (TPSA) is 82.6 Å². The van der Waals surface area contributed by atoms with Crippen LogP contribution in [0.1, 0.15) is 67.6 Å². The maximum Gasteiger partial charge on any atom is 0.251 e. The van der Waals surface area contributed by atoms with Gasteiger partial charge >= 0.3 is 0 Å². The molecule has 37 heavy (non-hydrogen) atoms. The molecule has 2 unspecified atom stereocenters. The number of aliphatic imine (C=N–C) groups is 1. The summed E-state index contributed by atoms with van der Waals surface area (Å²) in [6.45, 7) is 11.7. The first-order valence-corrected chi connectivity index (χ1v) is 12.9. The summed E-state index contributed by atoms with van der Waals surface area (Å²) in [6, 6.07) is 12.5. The quantitative estimate of drug-likeness (QED) is 0.279. The molecule has 1 fully saturated rings. The first kappa shape index (κ1) is 26.5. The predicted octanol–water partition coefficient (Wildman–Crippen LogP) is 5.56. The van der Waals surface area contributed by atoms with Crippen molar-refractivity contribution in [2.75, 3.05) is 13.1 Å². The van der Waals surface area contributed by atoms with Crippen LogP contribution in [0.15, 0.2) is 59.4 Å². The molecule has 7 nitrogen and oxygen atoms in total. The van der Waals surface area contributed by atoms with Crippen molar-refractivity contribution in [2.45, 2.75) is 64.6 Å². The molecule has 1 aromatic heterocycles. The highest BCUT2D eigenvalue weighted by molar-refractivity contribution is 5.98. The lowest BCUT2D eigenvalue weighted by Crippen LogP contribution is -2.47. The van der Waals surface area contributed by atoms with E-state index < -0.39 is 0 Å². The molecule has 3 aromatic rings. The molecule has 4 rings (SSSR count). The van der Waals surface area contributed by atoms with Gasteiger partial charge in [-0.25, -0.2) is 9.38 Å². The maximum atomic E-state index is 14.1. The number of aromatic nitrogens is 2. The van der Waals surface area contributed by atoms with E-state index in [2.05, 4.69) is 39.0 Å². The number of halogens is 1. The zero-order valence-corrected chi connectivity index (χ0v) is 21.8. The van der Waals surface area contributed by atoms with E-state index in [1.54, 1.807) is 6.07 Å². The number of fused-ring (bicyclic) bond motifs is 1.